The van der Waals surface area contributed by atoms with Crippen molar-refractivity contribution in [1.29, 1.82) is 0 Å². The van der Waals surface area contributed by atoms with Crippen molar-refractivity contribution in [3.63, 3.8) is 0 Å². The first-order valence-electron chi connectivity index (χ1n) is 10.5. The lowest BCUT2D eigenvalue weighted by Gasteiger charge is -2.29. The van der Waals surface area contributed by atoms with Gasteiger partial charge in [0.05, 0.1) is 25.5 Å². The normalized spacial score (nSPS) is 13.2. The maximum Gasteiger partial charge on any atom is 0.307 e. The molecule has 1 amide bonds. The largest absolute Gasteiger partial charge is 0.493 e. The van der Waals surface area contributed by atoms with Crippen LogP contribution < -0.4 is 14.2 Å². The molecule has 0 aromatic heterocycles. The molecular formula is C23H28N2O7S. The molecular weight excluding hydrogens is 448 g/mol. The third kappa shape index (κ3) is 6.23. The number of amides is 1. The van der Waals surface area contributed by atoms with Gasteiger partial charge in [0.25, 0.3) is 5.91 Å². The summed E-state index contributed by atoms with van der Waals surface area (Å²) in [6, 6.07) is 10.1. The molecule has 0 atom stereocenters. The second-order valence-electron chi connectivity index (χ2n) is 7.66. The molecule has 0 spiro atoms. The topological polar surface area (TPSA) is 111 Å². The van der Waals surface area contributed by atoms with Crippen LogP contribution in [-0.2, 0) is 37.3 Å². The van der Waals surface area contributed by atoms with Crippen LogP contribution in [0.2, 0.25) is 0 Å². The van der Waals surface area contributed by atoms with E-state index in [1.54, 1.807) is 31.3 Å². The molecule has 10 heteroatoms. The number of rotatable bonds is 9. The first-order chi connectivity index (χ1) is 15.7. The van der Waals surface area contributed by atoms with Crippen molar-refractivity contribution >= 4 is 21.9 Å². The maximum absolute atomic E-state index is 12.5. The zero-order valence-electron chi connectivity index (χ0n) is 18.9. The van der Waals surface area contributed by atoms with Gasteiger partial charge in [-0.05, 0) is 48.7 Å². The van der Waals surface area contributed by atoms with Gasteiger partial charge >= 0.3 is 5.97 Å². The number of nitrogens with zero attached hydrogens (tertiary/aromatic N) is 1. The number of esters is 1. The predicted molar refractivity (Wildman–Crippen MR) is 121 cm³/mol. The van der Waals surface area contributed by atoms with Crippen LogP contribution in [0.3, 0.4) is 0 Å². The quantitative estimate of drug-likeness (QED) is 0.550. The standard InChI is InChI=1S/C23H28N2O7S/c1-16-4-6-19(7-5-16)33(28,29)24-10-8-23(27)32-15-22(26)25-11-9-17-12-20(30-2)21(31-3)13-18(17)14-25/h4-7,12-13,24H,8-11,14-15H2,1-3H3. The molecule has 1 aliphatic rings. The van der Waals surface area contributed by atoms with Crippen molar-refractivity contribution in [1.82, 2.24) is 9.62 Å². The molecule has 1 aliphatic heterocycles. The Morgan fingerprint density at radius 1 is 1.03 bits per heavy atom. The summed E-state index contributed by atoms with van der Waals surface area (Å²) in [5.41, 5.74) is 2.97. The van der Waals surface area contributed by atoms with Crippen molar-refractivity contribution in [2.75, 3.05) is 33.9 Å². The first-order valence-corrected chi connectivity index (χ1v) is 12.0. The van der Waals surface area contributed by atoms with Crippen LogP contribution in [0.4, 0.5) is 0 Å². The average Bonchev–Trinajstić information content (AvgIpc) is 2.81. The number of nitrogens with one attached hydrogen (secondary N) is 1. The highest BCUT2D eigenvalue weighted by atomic mass is 32.2. The van der Waals surface area contributed by atoms with Crippen LogP contribution in [0.5, 0.6) is 11.5 Å². The molecule has 178 valence electrons. The van der Waals surface area contributed by atoms with Gasteiger partial charge in [-0.25, -0.2) is 13.1 Å². The lowest BCUT2D eigenvalue weighted by atomic mass is 9.99. The van der Waals surface area contributed by atoms with Crippen LogP contribution in [0.25, 0.3) is 0 Å². The minimum absolute atomic E-state index is 0.122. The van der Waals surface area contributed by atoms with E-state index in [2.05, 4.69) is 4.72 Å². The molecule has 0 saturated carbocycles. The van der Waals surface area contributed by atoms with E-state index in [9.17, 15) is 18.0 Å². The fourth-order valence-electron chi connectivity index (χ4n) is 3.49. The summed E-state index contributed by atoms with van der Waals surface area (Å²) in [6.07, 6.45) is 0.467. The third-order valence-electron chi connectivity index (χ3n) is 5.38. The van der Waals surface area contributed by atoms with Gasteiger partial charge in [-0.15, -0.1) is 0 Å². The van der Waals surface area contributed by atoms with Crippen molar-refractivity contribution in [2.45, 2.75) is 31.2 Å². The van der Waals surface area contributed by atoms with Gasteiger partial charge in [0.1, 0.15) is 0 Å². The summed E-state index contributed by atoms with van der Waals surface area (Å²) >= 11 is 0. The zero-order valence-corrected chi connectivity index (χ0v) is 19.7. The van der Waals surface area contributed by atoms with E-state index in [1.807, 2.05) is 19.1 Å². The van der Waals surface area contributed by atoms with Crippen molar-refractivity contribution in [2.24, 2.45) is 0 Å². The predicted octanol–water partition coefficient (Wildman–Crippen LogP) is 1.81. The Kier molecular flexibility index (Phi) is 7.93. The Bertz CT molecular complexity index is 1110. The number of fused-ring (bicyclic) bond motifs is 1. The monoisotopic (exact) mass is 476 g/mol. The number of hydrogen-bond donors (Lipinski definition) is 1. The summed E-state index contributed by atoms with van der Waals surface area (Å²) in [7, 11) is -0.586. The number of sulfonamides is 1. The average molecular weight is 477 g/mol. The molecule has 1 N–H and O–H groups in total. The molecule has 9 nitrogen and oxygen atoms in total. The summed E-state index contributed by atoms with van der Waals surface area (Å²) in [6.45, 7) is 2.21. The second-order valence-corrected chi connectivity index (χ2v) is 9.43. The highest BCUT2D eigenvalue weighted by molar-refractivity contribution is 7.89. The van der Waals surface area contributed by atoms with Crippen molar-refractivity contribution < 1.29 is 32.2 Å². The highest BCUT2D eigenvalue weighted by Crippen LogP contribution is 2.33. The summed E-state index contributed by atoms with van der Waals surface area (Å²) in [5, 5.41) is 0. The van der Waals surface area contributed by atoms with E-state index < -0.39 is 22.6 Å². The molecule has 0 aliphatic carbocycles. The molecule has 3 rings (SSSR count). The van der Waals surface area contributed by atoms with E-state index in [0.717, 1.165) is 16.7 Å². The number of aryl methyl sites for hydroxylation is 1. The first kappa shape index (κ1) is 24.5. The van der Waals surface area contributed by atoms with Gasteiger partial charge in [0, 0.05) is 19.6 Å². The van der Waals surface area contributed by atoms with Crippen LogP contribution in [0.15, 0.2) is 41.3 Å². The summed E-state index contributed by atoms with van der Waals surface area (Å²) in [5.74, 6) is 0.260. The summed E-state index contributed by atoms with van der Waals surface area (Å²) in [4.78, 5) is 26.2. The number of methoxy groups -OCH3 is 2. The van der Waals surface area contributed by atoms with E-state index in [4.69, 9.17) is 14.2 Å². The molecule has 33 heavy (non-hydrogen) atoms. The second kappa shape index (κ2) is 10.7. The van der Waals surface area contributed by atoms with Gasteiger partial charge in [-0.1, -0.05) is 17.7 Å². The Labute approximate surface area is 193 Å². The summed E-state index contributed by atoms with van der Waals surface area (Å²) < 4.78 is 42.5. The maximum atomic E-state index is 12.5. The Morgan fingerprint density at radius 3 is 2.30 bits per heavy atom. The Hall–Kier alpha value is -3.11. The minimum atomic E-state index is -3.71. The SMILES string of the molecule is COc1cc2c(cc1OC)CN(C(=O)COC(=O)CCNS(=O)(=O)c1ccc(C)cc1)CC2. The lowest BCUT2D eigenvalue weighted by molar-refractivity contribution is -0.152. The Morgan fingerprint density at radius 2 is 1.67 bits per heavy atom. The fourth-order valence-corrected chi connectivity index (χ4v) is 4.52. The van der Waals surface area contributed by atoms with Gasteiger partial charge in [-0.3, -0.25) is 9.59 Å². The van der Waals surface area contributed by atoms with E-state index in [0.29, 0.717) is 31.0 Å². The van der Waals surface area contributed by atoms with Gasteiger partial charge in [0.15, 0.2) is 18.1 Å². The van der Waals surface area contributed by atoms with E-state index in [-0.39, 0.29) is 23.8 Å². The Balaban J connectivity index is 1.46. The van der Waals surface area contributed by atoms with Gasteiger partial charge in [-0.2, -0.15) is 0 Å². The number of hydrogen-bond acceptors (Lipinski definition) is 7. The number of ether oxygens (including phenoxy) is 3. The van der Waals surface area contributed by atoms with Crippen LogP contribution >= 0.6 is 0 Å². The van der Waals surface area contributed by atoms with Gasteiger partial charge < -0.3 is 19.1 Å². The molecule has 1 heterocycles. The van der Waals surface area contributed by atoms with Crippen LogP contribution in [0.1, 0.15) is 23.1 Å². The van der Waals surface area contributed by atoms with E-state index >= 15 is 0 Å². The fraction of sp³-hybridized carbons (Fsp3) is 0.391. The molecule has 2 aromatic rings. The molecule has 0 bridgehead atoms. The number of benzene rings is 2. The van der Waals surface area contributed by atoms with Crippen molar-refractivity contribution in [3.8, 4) is 11.5 Å². The molecule has 2 aromatic carbocycles. The smallest absolute Gasteiger partial charge is 0.307 e. The van der Waals surface area contributed by atoms with Crippen LogP contribution in [0, 0.1) is 6.92 Å². The number of carbonyl (C=O) groups excluding carboxylic acids is 2. The van der Waals surface area contributed by atoms with E-state index in [1.165, 1.54) is 12.1 Å². The van der Waals surface area contributed by atoms with Gasteiger partial charge in [0.2, 0.25) is 10.0 Å². The zero-order chi connectivity index (χ0) is 24.0. The molecule has 0 fully saturated rings. The minimum Gasteiger partial charge on any atom is -0.493 e. The molecule has 0 saturated heterocycles. The number of carbonyl (C=O) groups is 2. The van der Waals surface area contributed by atoms with Crippen LogP contribution in [-0.4, -0.2) is 59.1 Å². The molecule has 0 radical (unpaired) electrons. The highest BCUT2D eigenvalue weighted by Gasteiger charge is 2.24. The third-order valence-corrected chi connectivity index (χ3v) is 6.86. The molecule has 0 unspecified atom stereocenters. The van der Waals surface area contributed by atoms with Crippen molar-refractivity contribution in [3.05, 3.63) is 53.1 Å². The lowest BCUT2D eigenvalue weighted by Crippen LogP contribution is -2.38.